The molecule has 3 rings (SSSR count). The van der Waals surface area contributed by atoms with Crippen molar-refractivity contribution in [3.63, 3.8) is 0 Å². The van der Waals surface area contributed by atoms with Crippen LogP contribution in [0.4, 0.5) is 5.69 Å². The minimum Gasteiger partial charge on any atom is -0.372 e. The number of anilines is 1. The van der Waals surface area contributed by atoms with Gasteiger partial charge in [0.15, 0.2) is 10.7 Å². The van der Waals surface area contributed by atoms with Gasteiger partial charge in [-0.2, -0.15) is 0 Å². The van der Waals surface area contributed by atoms with E-state index in [1.807, 2.05) is 38.2 Å². The van der Waals surface area contributed by atoms with E-state index in [2.05, 4.69) is 48.5 Å². The van der Waals surface area contributed by atoms with E-state index in [9.17, 15) is 13.2 Å². The zero-order valence-electron chi connectivity index (χ0n) is 18.2. The van der Waals surface area contributed by atoms with Gasteiger partial charge in [0.2, 0.25) is 5.91 Å². The number of rotatable bonds is 7. The van der Waals surface area contributed by atoms with Crippen LogP contribution < -0.4 is 10.6 Å². The van der Waals surface area contributed by atoms with Crippen molar-refractivity contribution >= 4 is 22.3 Å². The van der Waals surface area contributed by atoms with E-state index < -0.39 is 10.7 Å². The number of hydrogen-bond acceptors (Lipinski definition) is 5. The molecule has 2 N–H and O–H groups in total. The van der Waals surface area contributed by atoms with Gasteiger partial charge in [0.1, 0.15) is 5.88 Å². The predicted molar refractivity (Wildman–Crippen MR) is 120 cm³/mol. The van der Waals surface area contributed by atoms with E-state index in [1.165, 1.54) is 0 Å². The lowest BCUT2D eigenvalue weighted by Crippen LogP contribution is -2.28. The number of nitrogens with zero attached hydrogens (tertiary/aromatic N) is 1. The number of benzene rings is 1. The molecule has 6 nitrogen and oxygen atoms in total. The summed E-state index contributed by atoms with van der Waals surface area (Å²) in [6.07, 6.45) is 2.76. The third kappa shape index (κ3) is 5.39. The zero-order valence-corrected chi connectivity index (χ0v) is 19.1. The second kappa shape index (κ2) is 8.76. The fraction of sp³-hybridized carbons (Fsp3) is 0.478. The third-order valence-corrected chi connectivity index (χ3v) is 6.03. The number of hydrogen-bond donors (Lipinski definition) is 3. The fourth-order valence-corrected chi connectivity index (χ4v) is 3.93. The minimum absolute atomic E-state index is 0.00914. The summed E-state index contributed by atoms with van der Waals surface area (Å²) >= 11 is 0. The Morgan fingerprint density at radius 1 is 1.23 bits per heavy atom. The summed E-state index contributed by atoms with van der Waals surface area (Å²) in [6, 6.07) is 9.78. The molecule has 1 aliphatic rings. The molecule has 0 spiro atoms. The van der Waals surface area contributed by atoms with Crippen LogP contribution in [-0.2, 0) is 20.9 Å². The number of pyridine rings is 1. The van der Waals surface area contributed by atoms with E-state index in [0.29, 0.717) is 0 Å². The van der Waals surface area contributed by atoms with Gasteiger partial charge in [-0.05, 0) is 55.0 Å². The number of nitrogens with one attached hydrogen (secondary N) is 2. The molecule has 162 valence electrons. The van der Waals surface area contributed by atoms with Crippen molar-refractivity contribution in [1.82, 2.24) is 10.3 Å². The van der Waals surface area contributed by atoms with Crippen LogP contribution in [-0.4, -0.2) is 25.2 Å². The van der Waals surface area contributed by atoms with Crippen molar-refractivity contribution in [3.05, 3.63) is 58.9 Å². The Morgan fingerprint density at radius 3 is 2.53 bits per heavy atom. The molecule has 1 aromatic carbocycles. The quantitative estimate of drug-likeness (QED) is 0.585. The van der Waals surface area contributed by atoms with E-state index in [-0.39, 0.29) is 35.1 Å². The first kappa shape index (κ1) is 22.3. The van der Waals surface area contributed by atoms with Crippen molar-refractivity contribution in [2.75, 3.05) is 11.2 Å². The molecule has 1 amide bonds. The van der Waals surface area contributed by atoms with Gasteiger partial charge in [-0.15, -0.1) is 0 Å². The third-order valence-electron chi connectivity index (χ3n) is 5.62. The molecule has 1 saturated carbocycles. The predicted octanol–water partition coefficient (Wildman–Crippen LogP) is 3.65. The molecule has 0 saturated heterocycles. The monoisotopic (exact) mass is 429 g/mol. The molecule has 0 bridgehead atoms. The van der Waals surface area contributed by atoms with Crippen LogP contribution >= 0.6 is 0 Å². The topological polar surface area (TPSA) is 88.2 Å². The van der Waals surface area contributed by atoms with E-state index >= 15 is 0 Å². The highest BCUT2D eigenvalue weighted by atomic mass is 32.2. The maximum absolute atomic E-state index is 12.7. The number of carbonyl (C=O) groups excluding carboxylic acids is 1. The van der Waals surface area contributed by atoms with Crippen LogP contribution in [0.15, 0.2) is 36.5 Å². The second-order valence-corrected chi connectivity index (χ2v) is 10.1. The molecular weight excluding hydrogens is 398 g/mol. The van der Waals surface area contributed by atoms with Crippen LogP contribution in [0, 0.1) is 12.8 Å². The van der Waals surface area contributed by atoms with E-state index in [0.717, 1.165) is 34.5 Å². The normalized spacial score (nSPS) is 19.4. The summed E-state index contributed by atoms with van der Waals surface area (Å²) in [4.78, 5) is 17.3. The molecule has 30 heavy (non-hydrogen) atoms. The van der Waals surface area contributed by atoms with E-state index in [4.69, 9.17) is 0 Å². The summed E-state index contributed by atoms with van der Waals surface area (Å²) in [5.74, 6) is 0.207. The zero-order chi connectivity index (χ0) is 22.1. The van der Waals surface area contributed by atoms with Crippen molar-refractivity contribution in [2.45, 2.75) is 58.4 Å². The Balaban J connectivity index is 1.58. The van der Waals surface area contributed by atoms with Gasteiger partial charge < -0.3 is 10.6 Å². The number of amides is 1. The molecule has 0 radical (unpaired) electrons. The molecule has 1 aromatic heterocycles. The van der Waals surface area contributed by atoms with Gasteiger partial charge in [-0.1, -0.05) is 39.0 Å². The number of carbonyl (C=O) groups is 1. The molecule has 1 aliphatic carbocycles. The van der Waals surface area contributed by atoms with Gasteiger partial charge in [-0.3, -0.25) is 9.78 Å². The van der Waals surface area contributed by atoms with Gasteiger partial charge in [0.05, 0.1) is 6.04 Å². The lowest BCUT2D eigenvalue weighted by atomic mass is 9.91. The van der Waals surface area contributed by atoms with Gasteiger partial charge in [0.25, 0.3) is 0 Å². The molecule has 7 heteroatoms. The highest BCUT2D eigenvalue weighted by molar-refractivity contribution is 7.72. The summed E-state index contributed by atoms with van der Waals surface area (Å²) in [7, 11) is -2.47. The summed E-state index contributed by atoms with van der Waals surface area (Å²) in [6.45, 7) is 10.3. The lowest BCUT2D eigenvalue weighted by molar-refractivity contribution is -0.123. The van der Waals surface area contributed by atoms with Crippen molar-refractivity contribution in [1.29, 1.82) is 0 Å². The van der Waals surface area contributed by atoms with Crippen LogP contribution in [0.3, 0.4) is 0 Å². The summed E-state index contributed by atoms with van der Waals surface area (Å²) in [5.41, 5.74) is 4.91. The molecular formula is C23H31N3O3S. The average Bonchev–Trinajstić information content (AvgIpc) is 3.47. The van der Waals surface area contributed by atoms with Crippen LogP contribution in [0.1, 0.15) is 68.5 Å². The first-order valence-corrected chi connectivity index (χ1v) is 11.7. The molecule has 2 unspecified atom stereocenters. The average molecular weight is 430 g/mol. The van der Waals surface area contributed by atoms with Crippen molar-refractivity contribution in [3.8, 4) is 0 Å². The van der Waals surface area contributed by atoms with Crippen molar-refractivity contribution in [2.24, 2.45) is 5.92 Å². The Bertz CT molecular complexity index is 986. The van der Waals surface area contributed by atoms with Gasteiger partial charge in [0, 0.05) is 28.9 Å². The Morgan fingerprint density at radius 2 is 1.97 bits per heavy atom. The Labute approximate surface area is 180 Å². The molecule has 2 aromatic rings. The number of thiol groups is 1. The standard InChI is InChI=1S/C23H31N3O3S/c1-14-10-16(6-8-20(14)25-13-30(28)29)15(2)26-22(27)19-11-18(19)17-7-9-21(24-12-17)23(3,4)5/h6-10,12,15,18-19,25,30H,11,13H2,1-5H3,(H,26,27)/t15-,18?,19?/m1/s1. The van der Waals surface area contributed by atoms with E-state index in [1.54, 1.807) is 0 Å². The highest BCUT2D eigenvalue weighted by Gasteiger charge is 2.44. The first-order chi connectivity index (χ1) is 14.1. The largest absolute Gasteiger partial charge is 0.372 e. The SMILES string of the molecule is Cc1cc([C@@H](C)NC(=O)C2CC2c2ccc(C(C)(C)C)nc2)ccc1NC[SH](=O)=O. The maximum atomic E-state index is 12.7. The number of aromatic nitrogens is 1. The van der Waals surface area contributed by atoms with Crippen LogP contribution in [0.25, 0.3) is 0 Å². The summed E-state index contributed by atoms with van der Waals surface area (Å²) in [5, 5.41) is 6.01. The molecule has 0 aliphatic heterocycles. The number of aryl methyl sites for hydroxylation is 1. The molecule has 1 fully saturated rings. The Hall–Kier alpha value is -2.41. The van der Waals surface area contributed by atoms with Gasteiger partial charge in [-0.25, -0.2) is 8.42 Å². The van der Waals surface area contributed by atoms with Crippen molar-refractivity contribution < 1.29 is 13.2 Å². The highest BCUT2D eigenvalue weighted by Crippen LogP contribution is 2.47. The summed E-state index contributed by atoms with van der Waals surface area (Å²) < 4.78 is 21.5. The lowest BCUT2D eigenvalue weighted by Gasteiger charge is -2.18. The first-order valence-electron chi connectivity index (χ1n) is 10.3. The molecule has 1 heterocycles. The Kier molecular flexibility index (Phi) is 6.50. The fourth-order valence-electron chi connectivity index (χ4n) is 3.63. The molecule has 3 atom stereocenters. The smallest absolute Gasteiger partial charge is 0.224 e. The minimum atomic E-state index is -2.47. The second-order valence-electron chi connectivity index (χ2n) is 9.15. The van der Waals surface area contributed by atoms with Crippen LogP contribution in [0.5, 0.6) is 0 Å². The maximum Gasteiger partial charge on any atom is 0.224 e. The van der Waals surface area contributed by atoms with Crippen LogP contribution in [0.2, 0.25) is 0 Å². The van der Waals surface area contributed by atoms with Gasteiger partial charge >= 0.3 is 0 Å².